The Bertz CT molecular complexity index is 1490. The third-order valence-electron chi connectivity index (χ3n) is 6.54. The molecule has 0 spiro atoms. The molecule has 2 aromatic heterocycles. The number of nitrogens with one attached hydrogen (secondary N) is 1. The zero-order valence-electron chi connectivity index (χ0n) is 18.7. The number of pyridine rings is 1. The Morgan fingerprint density at radius 3 is 2.69 bits per heavy atom. The van der Waals surface area contributed by atoms with E-state index in [1.807, 2.05) is 42.5 Å². The largest absolute Gasteiger partial charge is 0.467 e. The van der Waals surface area contributed by atoms with E-state index in [0.717, 1.165) is 22.9 Å². The minimum absolute atomic E-state index is 0.222. The molecule has 1 fully saturated rings. The molecule has 2 aliphatic heterocycles. The molecule has 0 aliphatic carbocycles. The summed E-state index contributed by atoms with van der Waals surface area (Å²) in [4.78, 5) is 29.9. The molecule has 176 valence electrons. The molecule has 4 aromatic rings. The van der Waals surface area contributed by atoms with Gasteiger partial charge in [0.2, 0.25) is 0 Å². The number of carbonyl (C=O) groups excluding carboxylic acids is 1. The standard InChI is InChI=1S/C27H22ClN3O4/c28-17-10-11-19-18(14-17)24(16-6-2-1-3-7-16)25(26(32)29-19)20-15-21(22-8-4-12-34-22)31(30-20)27(33)23-9-5-13-35-23/h1-4,6-8,10-12,14,21,23H,5,9,13,15H2,(H,29,32)/t21-,23-/m1/s1. The maximum Gasteiger partial charge on any atom is 0.272 e. The Morgan fingerprint density at radius 1 is 1.09 bits per heavy atom. The summed E-state index contributed by atoms with van der Waals surface area (Å²) in [5.41, 5.74) is 2.93. The molecule has 2 atom stereocenters. The second-order valence-electron chi connectivity index (χ2n) is 8.73. The van der Waals surface area contributed by atoms with E-state index in [-0.39, 0.29) is 11.5 Å². The van der Waals surface area contributed by atoms with Crippen molar-refractivity contribution in [2.75, 3.05) is 6.61 Å². The number of hydrogen-bond acceptors (Lipinski definition) is 5. The number of aromatic amines is 1. The molecule has 7 nitrogen and oxygen atoms in total. The van der Waals surface area contributed by atoms with Crippen LogP contribution in [-0.4, -0.2) is 34.3 Å². The molecule has 2 aliphatic rings. The molecular formula is C27H22ClN3O4. The zero-order chi connectivity index (χ0) is 23.9. The first-order chi connectivity index (χ1) is 17.1. The molecule has 8 heteroatoms. The normalized spacial score (nSPS) is 19.9. The summed E-state index contributed by atoms with van der Waals surface area (Å²) in [6.45, 7) is 0.551. The van der Waals surface area contributed by atoms with Crippen molar-refractivity contribution in [3.63, 3.8) is 0 Å². The number of nitrogens with zero attached hydrogens (tertiary/aromatic N) is 2. The fraction of sp³-hybridized carbons (Fsp3) is 0.222. The lowest BCUT2D eigenvalue weighted by Gasteiger charge is -2.22. The van der Waals surface area contributed by atoms with Gasteiger partial charge in [0.25, 0.3) is 11.5 Å². The Labute approximate surface area is 206 Å². The summed E-state index contributed by atoms with van der Waals surface area (Å²) < 4.78 is 11.3. The van der Waals surface area contributed by atoms with Crippen LogP contribution in [0.15, 0.2) is 81.2 Å². The second kappa shape index (κ2) is 8.83. The number of rotatable bonds is 4. The third kappa shape index (κ3) is 3.87. The highest BCUT2D eigenvalue weighted by Crippen LogP contribution is 2.38. The topological polar surface area (TPSA) is 87.9 Å². The number of H-pyrrole nitrogens is 1. The highest BCUT2D eigenvalue weighted by molar-refractivity contribution is 6.31. The van der Waals surface area contributed by atoms with Gasteiger partial charge in [-0.05, 0) is 48.7 Å². The predicted octanol–water partition coefficient (Wildman–Crippen LogP) is 5.30. The summed E-state index contributed by atoms with van der Waals surface area (Å²) in [6.07, 6.45) is 2.84. The number of amides is 1. The van der Waals surface area contributed by atoms with Crippen molar-refractivity contribution in [2.45, 2.75) is 31.4 Å². The van der Waals surface area contributed by atoms with Crippen LogP contribution in [0.2, 0.25) is 5.02 Å². The van der Waals surface area contributed by atoms with Gasteiger partial charge >= 0.3 is 0 Å². The SMILES string of the molecule is O=C([C@H]1CCCO1)N1N=C(c2c(-c3ccccc3)c3cc(Cl)ccc3[nH]c2=O)C[C@@H]1c1ccco1. The molecule has 6 rings (SSSR count). The first-order valence-corrected chi connectivity index (χ1v) is 11.9. The summed E-state index contributed by atoms with van der Waals surface area (Å²) in [7, 11) is 0. The number of hydrogen-bond donors (Lipinski definition) is 1. The Balaban J connectivity index is 1.55. The Morgan fingerprint density at radius 2 is 1.94 bits per heavy atom. The van der Waals surface area contributed by atoms with Gasteiger partial charge in [0.05, 0.1) is 17.5 Å². The minimum atomic E-state index is -0.544. The molecule has 0 saturated carbocycles. The first kappa shape index (κ1) is 21.8. The summed E-state index contributed by atoms with van der Waals surface area (Å²) in [5, 5.41) is 7.52. The van der Waals surface area contributed by atoms with Crippen molar-refractivity contribution in [1.29, 1.82) is 0 Å². The van der Waals surface area contributed by atoms with Gasteiger partial charge in [-0.1, -0.05) is 41.9 Å². The summed E-state index contributed by atoms with van der Waals surface area (Å²) >= 11 is 6.36. The molecule has 0 radical (unpaired) electrons. The lowest BCUT2D eigenvalue weighted by molar-refractivity contribution is -0.143. The quantitative estimate of drug-likeness (QED) is 0.423. The Kier molecular flexibility index (Phi) is 5.51. The van der Waals surface area contributed by atoms with Gasteiger partial charge in [-0.3, -0.25) is 9.59 Å². The molecule has 0 bridgehead atoms. The lowest BCUT2D eigenvalue weighted by Crippen LogP contribution is -2.35. The monoisotopic (exact) mass is 487 g/mol. The van der Waals surface area contributed by atoms with Crippen molar-refractivity contribution in [1.82, 2.24) is 9.99 Å². The van der Waals surface area contributed by atoms with Crippen LogP contribution in [0, 0.1) is 0 Å². The molecule has 1 amide bonds. The smallest absolute Gasteiger partial charge is 0.272 e. The van der Waals surface area contributed by atoms with Gasteiger partial charge in [-0.25, -0.2) is 5.01 Å². The van der Waals surface area contributed by atoms with Gasteiger partial charge in [-0.2, -0.15) is 5.10 Å². The van der Waals surface area contributed by atoms with Crippen molar-refractivity contribution in [3.8, 4) is 11.1 Å². The molecule has 4 heterocycles. The van der Waals surface area contributed by atoms with Crippen LogP contribution in [0.5, 0.6) is 0 Å². The highest BCUT2D eigenvalue weighted by Gasteiger charge is 2.40. The van der Waals surface area contributed by atoms with E-state index in [1.165, 1.54) is 5.01 Å². The second-order valence-corrected chi connectivity index (χ2v) is 9.16. The molecule has 1 N–H and O–H groups in total. The van der Waals surface area contributed by atoms with Gasteiger partial charge in [0, 0.05) is 34.5 Å². The van der Waals surface area contributed by atoms with E-state index >= 15 is 0 Å². The van der Waals surface area contributed by atoms with Crippen molar-refractivity contribution >= 4 is 34.1 Å². The molecule has 35 heavy (non-hydrogen) atoms. The van der Waals surface area contributed by atoms with Crippen LogP contribution in [0.4, 0.5) is 0 Å². The van der Waals surface area contributed by atoms with E-state index in [9.17, 15) is 9.59 Å². The van der Waals surface area contributed by atoms with Gasteiger partial charge in [-0.15, -0.1) is 0 Å². The van der Waals surface area contributed by atoms with E-state index in [0.29, 0.717) is 47.0 Å². The maximum atomic E-state index is 13.5. The number of ether oxygens (including phenoxy) is 1. The van der Waals surface area contributed by atoms with Crippen molar-refractivity contribution in [2.24, 2.45) is 5.10 Å². The number of aromatic nitrogens is 1. The van der Waals surface area contributed by atoms with Crippen molar-refractivity contribution < 1.29 is 13.9 Å². The number of fused-ring (bicyclic) bond motifs is 1. The van der Waals surface area contributed by atoms with Crippen LogP contribution < -0.4 is 5.56 Å². The molecule has 0 unspecified atom stereocenters. The summed E-state index contributed by atoms with van der Waals surface area (Å²) in [5.74, 6) is 0.386. The van der Waals surface area contributed by atoms with Crippen LogP contribution in [0.1, 0.15) is 36.6 Å². The number of hydrazone groups is 1. The average molecular weight is 488 g/mol. The minimum Gasteiger partial charge on any atom is -0.467 e. The van der Waals surface area contributed by atoms with Crippen LogP contribution >= 0.6 is 11.6 Å². The fourth-order valence-electron chi connectivity index (χ4n) is 4.93. The van der Waals surface area contributed by atoms with Gasteiger partial charge in [0.1, 0.15) is 17.9 Å². The third-order valence-corrected chi connectivity index (χ3v) is 6.78. The van der Waals surface area contributed by atoms with E-state index in [1.54, 1.807) is 24.5 Å². The van der Waals surface area contributed by atoms with E-state index in [2.05, 4.69) is 4.98 Å². The van der Waals surface area contributed by atoms with Gasteiger partial charge in [0.15, 0.2) is 0 Å². The number of furan rings is 1. The van der Waals surface area contributed by atoms with Crippen LogP contribution in [0.25, 0.3) is 22.0 Å². The van der Waals surface area contributed by atoms with Gasteiger partial charge < -0.3 is 14.1 Å². The maximum absolute atomic E-state index is 13.5. The molecular weight excluding hydrogens is 466 g/mol. The Hall–Kier alpha value is -3.68. The predicted molar refractivity (Wildman–Crippen MR) is 133 cm³/mol. The zero-order valence-corrected chi connectivity index (χ0v) is 19.5. The fourth-order valence-corrected chi connectivity index (χ4v) is 5.10. The number of halogens is 1. The lowest BCUT2D eigenvalue weighted by atomic mass is 9.92. The molecule has 2 aromatic carbocycles. The van der Waals surface area contributed by atoms with Crippen LogP contribution in [0.3, 0.4) is 0 Å². The summed E-state index contributed by atoms with van der Waals surface area (Å²) in [6, 6.07) is 18.2. The number of benzene rings is 2. The molecule has 1 saturated heterocycles. The van der Waals surface area contributed by atoms with Crippen molar-refractivity contribution in [3.05, 3.63) is 93.6 Å². The average Bonchev–Trinajstić information content (AvgIpc) is 3.65. The number of carbonyl (C=O) groups is 1. The highest BCUT2D eigenvalue weighted by atomic mass is 35.5. The van der Waals surface area contributed by atoms with Crippen LogP contribution in [-0.2, 0) is 9.53 Å². The van der Waals surface area contributed by atoms with E-state index < -0.39 is 12.1 Å². The first-order valence-electron chi connectivity index (χ1n) is 11.6. The van der Waals surface area contributed by atoms with E-state index in [4.69, 9.17) is 25.9 Å².